The molecule has 0 radical (unpaired) electrons. The second-order valence-electron chi connectivity index (χ2n) is 4.92. The molecule has 5 nitrogen and oxygen atoms in total. The van der Waals surface area contributed by atoms with Crippen LogP contribution >= 0.6 is 11.3 Å². The Bertz CT molecular complexity index is 550. The van der Waals surface area contributed by atoms with Crippen molar-refractivity contribution in [2.45, 2.75) is 27.2 Å². The average molecular weight is 307 g/mol. The van der Waals surface area contributed by atoms with E-state index in [2.05, 4.69) is 57.7 Å². The van der Waals surface area contributed by atoms with Gasteiger partial charge in [0.2, 0.25) is 5.95 Å². The molecular weight excluding hydrogens is 282 g/mol. The van der Waals surface area contributed by atoms with Crippen molar-refractivity contribution in [2.24, 2.45) is 0 Å². The van der Waals surface area contributed by atoms with E-state index in [9.17, 15) is 0 Å². The molecule has 0 saturated heterocycles. The number of anilines is 2. The van der Waals surface area contributed by atoms with Crippen molar-refractivity contribution < 1.29 is 0 Å². The van der Waals surface area contributed by atoms with Crippen molar-refractivity contribution in [2.75, 3.05) is 43.4 Å². The Hall–Kier alpha value is -1.40. The average Bonchev–Trinajstić information content (AvgIpc) is 2.98. The van der Waals surface area contributed by atoms with E-state index in [-0.39, 0.29) is 0 Å². The number of nitrogens with zero attached hydrogens (tertiary/aromatic N) is 3. The third kappa shape index (κ3) is 4.28. The molecule has 6 heteroatoms. The second kappa shape index (κ2) is 8.14. The Labute approximate surface area is 130 Å². The summed E-state index contributed by atoms with van der Waals surface area (Å²) in [5.41, 5.74) is 0. The van der Waals surface area contributed by atoms with Gasteiger partial charge in [0.05, 0.1) is 5.39 Å². The quantitative estimate of drug-likeness (QED) is 0.744. The summed E-state index contributed by atoms with van der Waals surface area (Å²) in [4.78, 5) is 12.6. The van der Waals surface area contributed by atoms with Gasteiger partial charge in [-0.15, -0.1) is 11.3 Å². The molecule has 0 unspecified atom stereocenters. The number of hydrogen-bond donors (Lipinski definition) is 2. The van der Waals surface area contributed by atoms with Crippen LogP contribution in [-0.2, 0) is 0 Å². The first-order chi connectivity index (χ1) is 10.3. The fraction of sp³-hybridized carbons (Fsp3) is 0.600. The van der Waals surface area contributed by atoms with Crippen LogP contribution in [0, 0.1) is 0 Å². The first kappa shape index (κ1) is 16.0. The maximum Gasteiger partial charge on any atom is 0.226 e. The Kier molecular flexibility index (Phi) is 6.20. The summed E-state index contributed by atoms with van der Waals surface area (Å²) in [5, 5.41) is 9.92. The van der Waals surface area contributed by atoms with Crippen molar-refractivity contribution in [3.05, 3.63) is 11.4 Å². The lowest BCUT2D eigenvalue weighted by molar-refractivity contribution is 0.316. The van der Waals surface area contributed by atoms with Gasteiger partial charge in [0.25, 0.3) is 0 Å². The molecule has 21 heavy (non-hydrogen) atoms. The van der Waals surface area contributed by atoms with Crippen LogP contribution < -0.4 is 10.6 Å². The van der Waals surface area contributed by atoms with Crippen LogP contribution in [0.1, 0.15) is 27.2 Å². The number of rotatable bonds is 9. The first-order valence-corrected chi connectivity index (χ1v) is 8.61. The molecule has 2 rings (SSSR count). The van der Waals surface area contributed by atoms with Gasteiger partial charge < -0.3 is 15.5 Å². The number of aromatic nitrogens is 2. The van der Waals surface area contributed by atoms with Crippen LogP contribution in [0.2, 0.25) is 0 Å². The third-order valence-electron chi connectivity index (χ3n) is 3.47. The summed E-state index contributed by atoms with van der Waals surface area (Å²) in [7, 11) is 0. The Morgan fingerprint density at radius 2 is 1.90 bits per heavy atom. The molecule has 0 aromatic carbocycles. The first-order valence-electron chi connectivity index (χ1n) is 7.73. The number of fused-ring (bicyclic) bond motifs is 1. The fourth-order valence-electron chi connectivity index (χ4n) is 2.18. The predicted octanol–water partition coefficient (Wildman–Crippen LogP) is 3.27. The van der Waals surface area contributed by atoms with Gasteiger partial charge in [0, 0.05) is 19.6 Å². The minimum atomic E-state index is 0.720. The molecule has 2 heterocycles. The highest BCUT2D eigenvalue weighted by Gasteiger charge is 2.08. The van der Waals surface area contributed by atoms with Gasteiger partial charge in [-0.2, -0.15) is 4.98 Å². The Morgan fingerprint density at radius 1 is 1.10 bits per heavy atom. The molecule has 0 saturated carbocycles. The normalized spacial score (nSPS) is 11.2. The van der Waals surface area contributed by atoms with E-state index in [0.29, 0.717) is 0 Å². The van der Waals surface area contributed by atoms with E-state index in [4.69, 9.17) is 0 Å². The highest BCUT2D eigenvalue weighted by molar-refractivity contribution is 7.16. The van der Waals surface area contributed by atoms with Gasteiger partial charge in [-0.1, -0.05) is 20.8 Å². The van der Waals surface area contributed by atoms with Crippen LogP contribution in [0.4, 0.5) is 11.8 Å². The zero-order valence-corrected chi connectivity index (χ0v) is 14.0. The monoisotopic (exact) mass is 307 g/mol. The standard InChI is InChI=1S/C15H25N5S/c1-4-8-17-15-18-13(12-7-11-21-14(12)19-15)16-9-10-20(5-2)6-3/h7,11H,4-6,8-10H2,1-3H3,(H2,16,17,18,19). The second-order valence-corrected chi connectivity index (χ2v) is 5.81. The summed E-state index contributed by atoms with van der Waals surface area (Å²) in [6.45, 7) is 11.5. The van der Waals surface area contributed by atoms with E-state index in [1.165, 1.54) is 0 Å². The molecule has 2 aromatic heterocycles. The zero-order chi connectivity index (χ0) is 15.1. The van der Waals surface area contributed by atoms with Crippen molar-refractivity contribution in [1.82, 2.24) is 14.9 Å². The van der Waals surface area contributed by atoms with E-state index in [0.717, 1.165) is 61.1 Å². The number of hydrogen-bond acceptors (Lipinski definition) is 6. The van der Waals surface area contributed by atoms with Crippen molar-refractivity contribution in [3.63, 3.8) is 0 Å². The molecule has 0 spiro atoms. The SMILES string of the molecule is CCCNc1nc(NCCN(CC)CC)c2ccsc2n1. The highest BCUT2D eigenvalue weighted by atomic mass is 32.1. The molecule has 0 aliphatic rings. The summed E-state index contributed by atoms with van der Waals surface area (Å²) in [5.74, 6) is 1.66. The molecule has 0 amide bonds. The molecule has 0 aliphatic heterocycles. The fourth-order valence-corrected chi connectivity index (χ4v) is 2.94. The van der Waals surface area contributed by atoms with Crippen LogP contribution in [0.25, 0.3) is 10.2 Å². The lowest BCUT2D eigenvalue weighted by Gasteiger charge is -2.18. The topological polar surface area (TPSA) is 53.1 Å². The zero-order valence-electron chi connectivity index (χ0n) is 13.1. The van der Waals surface area contributed by atoms with E-state index in [1.807, 2.05) is 0 Å². The Balaban J connectivity index is 2.07. The number of thiophene rings is 1. The molecule has 2 aromatic rings. The van der Waals surface area contributed by atoms with Gasteiger partial charge >= 0.3 is 0 Å². The maximum absolute atomic E-state index is 4.61. The molecular formula is C15H25N5S. The summed E-state index contributed by atoms with van der Waals surface area (Å²) >= 11 is 1.66. The molecule has 0 fully saturated rings. The van der Waals surface area contributed by atoms with Crippen molar-refractivity contribution in [3.8, 4) is 0 Å². The van der Waals surface area contributed by atoms with Crippen LogP contribution in [0.5, 0.6) is 0 Å². The number of nitrogens with one attached hydrogen (secondary N) is 2. The number of likely N-dealkylation sites (N-methyl/N-ethyl adjacent to an activating group) is 1. The van der Waals surface area contributed by atoms with E-state index >= 15 is 0 Å². The molecule has 2 N–H and O–H groups in total. The largest absolute Gasteiger partial charge is 0.368 e. The van der Waals surface area contributed by atoms with E-state index in [1.54, 1.807) is 11.3 Å². The van der Waals surface area contributed by atoms with Crippen molar-refractivity contribution >= 4 is 33.3 Å². The van der Waals surface area contributed by atoms with Gasteiger partial charge in [0.1, 0.15) is 10.6 Å². The Morgan fingerprint density at radius 3 is 2.62 bits per heavy atom. The van der Waals surface area contributed by atoms with Gasteiger partial charge in [-0.25, -0.2) is 4.98 Å². The lowest BCUT2D eigenvalue weighted by Crippen LogP contribution is -2.28. The molecule has 0 atom stereocenters. The summed E-state index contributed by atoms with van der Waals surface area (Å²) in [6.07, 6.45) is 1.07. The summed E-state index contributed by atoms with van der Waals surface area (Å²) in [6, 6.07) is 2.09. The molecule has 0 aliphatic carbocycles. The third-order valence-corrected chi connectivity index (χ3v) is 4.28. The van der Waals surface area contributed by atoms with Crippen LogP contribution in [-0.4, -0.2) is 47.6 Å². The predicted molar refractivity (Wildman–Crippen MR) is 92.5 cm³/mol. The van der Waals surface area contributed by atoms with Gasteiger partial charge in [0.15, 0.2) is 0 Å². The lowest BCUT2D eigenvalue weighted by atomic mass is 10.3. The minimum Gasteiger partial charge on any atom is -0.368 e. The maximum atomic E-state index is 4.61. The highest BCUT2D eigenvalue weighted by Crippen LogP contribution is 2.26. The molecule has 0 bridgehead atoms. The van der Waals surface area contributed by atoms with E-state index < -0.39 is 0 Å². The van der Waals surface area contributed by atoms with Gasteiger partial charge in [-0.3, -0.25) is 0 Å². The smallest absolute Gasteiger partial charge is 0.226 e. The van der Waals surface area contributed by atoms with Gasteiger partial charge in [-0.05, 0) is 31.0 Å². The van der Waals surface area contributed by atoms with Crippen molar-refractivity contribution in [1.29, 1.82) is 0 Å². The van der Waals surface area contributed by atoms with Crippen LogP contribution in [0.15, 0.2) is 11.4 Å². The summed E-state index contributed by atoms with van der Waals surface area (Å²) < 4.78 is 0. The molecule has 116 valence electrons. The minimum absolute atomic E-state index is 0.720. The van der Waals surface area contributed by atoms with Crippen LogP contribution in [0.3, 0.4) is 0 Å².